The molecule has 152 valence electrons. The molecule has 4 rings (SSSR count). The van der Waals surface area contributed by atoms with Crippen molar-refractivity contribution in [3.05, 3.63) is 34.9 Å². The van der Waals surface area contributed by atoms with Gasteiger partial charge in [0.1, 0.15) is 0 Å². The Bertz CT molecular complexity index is 837. The molecule has 0 aromatic heterocycles. The molecule has 0 radical (unpaired) electrons. The smallest absolute Gasteiger partial charge is 0.223 e. The van der Waals surface area contributed by atoms with Gasteiger partial charge in [-0.25, -0.2) is 0 Å². The molecule has 0 saturated carbocycles. The van der Waals surface area contributed by atoms with Crippen molar-refractivity contribution < 1.29 is 9.22 Å². The molecule has 2 N–H and O–H groups in total. The number of nitrogens with two attached hydrogens (primary N) is 1. The second-order valence-corrected chi connectivity index (χ2v) is 15.0. The van der Waals surface area contributed by atoms with Crippen LogP contribution in [-0.2, 0) is 9.22 Å². The number of anilines is 1. The van der Waals surface area contributed by atoms with Crippen LogP contribution in [-0.4, -0.2) is 38.3 Å². The van der Waals surface area contributed by atoms with Crippen LogP contribution >= 0.6 is 0 Å². The highest BCUT2D eigenvalue weighted by Crippen LogP contribution is 2.49. The first-order chi connectivity index (χ1) is 13.1. The summed E-state index contributed by atoms with van der Waals surface area (Å²) >= 11 is 0. The van der Waals surface area contributed by atoms with Crippen LogP contribution in [0.5, 0.6) is 0 Å². The van der Waals surface area contributed by atoms with E-state index in [4.69, 9.17) is 10.2 Å². The number of carbonyl (C=O) groups is 1. The molecule has 3 aliphatic rings. The highest BCUT2D eigenvalue weighted by Gasteiger charge is 2.43. The second-order valence-electron chi connectivity index (χ2n) is 10.2. The van der Waals surface area contributed by atoms with E-state index in [9.17, 15) is 4.79 Å². The van der Waals surface area contributed by atoms with Crippen LogP contribution in [0.25, 0.3) is 5.57 Å². The lowest BCUT2D eigenvalue weighted by atomic mass is 9.73. The number of hydrogen-bond acceptors (Lipinski definition) is 3. The zero-order valence-electron chi connectivity index (χ0n) is 18.0. The van der Waals surface area contributed by atoms with Crippen molar-refractivity contribution in [2.24, 2.45) is 0 Å². The number of rotatable bonds is 3. The van der Waals surface area contributed by atoms with E-state index in [0.717, 1.165) is 38.1 Å². The summed E-state index contributed by atoms with van der Waals surface area (Å²) in [5.41, 5.74) is 12.8. The van der Waals surface area contributed by atoms with Crippen LogP contribution in [0, 0.1) is 0 Å². The van der Waals surface area contributed by atoms with Crippen LogP contribution in [0.4, 0.5) is 5.69 Å². The van der Waals surface area contributed by atoms with Crippen molar-refractivity contribution in [1.29, 1.82) is 0 Å². The first-order valence-electron chi connectivity index (χ1n) is 10.6. The Morgan fingerprint density at radius 1 is 1.25 bits per heavy atom. The molecule has 2 heterocycles. The minimum atomic E-state index is -1.82. The van der Waals surface area contributed by atoms with E-state index in [2.05, 4.69) is 50.9 Å². The van der Waals surface area contributed by atoms with Crippen molar-refractivity contribution in [1.82, 2.24) is 4.90 Å². The number of nitrogens with zero attached hydrogens (tertiary/aromatic N) is 1. The van der Waals surface area contributed by atoms with Crippen LogP contribution in [0.2, 0.25) is 18.1 Å². The summed E-state index contributed by atoms with van der Waals surface area (Å²) in [5, 5.41) is 0.199. The molecule has 0 unspecified atom stereocenters. The van der Waals surface area contributed by atoms with E-state index in [-0.39, 0.29) is 11.1 Å². The van der Waals surface area contributed by atoms with Gasteiger partial charge in [0.15, 0.2) is 8.32 Å². The third-order valence-corrected chi connectivity index (χ3v) is 12.0. The SMILES string of the molecule is CC(C)(C)[Si](C)(C)OC[C@@H]1CC2=C(CCN3C(=O)CC[C@@H]23)c2c(N)cccc21. The Kier molecular flexibility index (Phi) is 4.74. The molecule has 28 heavy (non-hydrogen) atoms. The van der Waals surface area contributed by atoms with Gasteiger partial charge < -0.3 is 15.1 Å². The summed E-state index contributed by atoms with van der Waals surface area (Å²) < 4.78 is 6.64. The number of carbonyl (C=O) groups excluding carboxylic acids is 1. The maximum Gasteiger partial charge on any atom is 0.223 e. The Hall–Kier alpha value is -1.59. The summed E-state index contributed by atoms with van der Waals surface area (Å²) in [4.78, 5) is 14.4. The van der Waals surface area contributed by atoms with Gasteiger partial charge >= 0.3 is 0 Å². The second kappa shape index (κ2) is 6.73. The first-order valence-corrected chi connectivity index (χ1v) is 13.5. The molecule has 1 aliphatic carbocycles. The maximum absolute atomic E-state index is 12.3. The highest BCUT2D eigenvalue weighted by molar-refractivity contribution is 6.74. The third-order valence-electron chi connectivity index (χ3n) is 7.51. The summed E-state index contributed by atoms with van der Waals surface area (Å²) in [5.74, 6) is 0.638. The highest BCUT2D eigenvalue weighted by atomic mass is 28.4. The quantitative estimate of drug-likeness (QED) is 0.580. The average Bonchev–Trinajstić information content (AvgIpc) is 3.00. The standard InChI is InChI=1S/C23H34N2O2Si/c1-23(2,3)28(4,5)27-14-15-13-18-17(22-16(15)7-6-8-19(22)24)11-12-25-20(18)9-10-21(25)26/h6-8,15,20H,9-14,24H2,1-5H3/t15-,20-/m0/s1. The summed E-state index contributed by atoms with van der Waals surface area (Å²) in [6.45, 7) is 13.1. The normalized spacial score (nSPS) is 24.9. The molecule has 1 amide bonds. The Labute approximate surface area is 170 Å². The molecule has 2 atom stereocenters. The fourth-order valence-electron chi connectivity index (χ4n) is 4.84. The third kappa shape index (κ3) is 3.13. The monoisotopic (exact) mass is 398 g/mol. The molecule has 5 heteroatoms. The molecular formula is C23H34N2O2Si. The number of amides is 1. The summed E-state index contributed by atoms with van der Waals surface area (Å²) in [6, 6.07) is 6.61. The fourth-order valence-corrected chi connectivity index (χ4v) is 5.89. The Morgan fingerprint density at radius 2 is 2.00 bits per heavy atom. The van der Waals surface area contributed by atoms with E-state index in [1.165, 1.54) is 22.3 Å². The topological polar surface area (TPSA) is 55.6 Å². The summed E-state index contributed by atoms with van der Waals surface area (Å²) in [6.07, 6.45) is 3.56. The minimum absolute atomic E-state index is 0.199. The number of hydrogen-bond donors (Lipinski definition) is 1. The molecular weight excluding hydrogens is 364 g/mol. The zero-order valence-corrected chi connectivity index (χ0v) is 19.0. The predicted molar refractivity (Wildman–Crippen MR) is 118 cm³/mol. The summed E-state index contributed by atoms with van der Waals surface area (Å²) in [7, 11) is -1.82. The predicted octanol–water partition coefficient (Wildman–Crippen LogP) is 4.93. The van der Waals surface area contributed by atoms with Crippen LogP contribution in [0.1, 0.15) is 63.5 Å². The zero-order chi connectivity index (χ0) is 20.3. The van der Waals surface area contributed by atoms with E-state index in [1.54, 1.807) is 0 Å². The Balaban J connectivity index is 1.69. The van der Waals surface area contributed by atoms with Gasteiger partial charge in [0.25, 0.3) is 0 Å². The van der Waals surface area contributed by atoms with Crippen molar-refractivity contribution in [2.75, 3.05) is 18.9 Å². The van der Waals surface area contributed by atoms with Crippen molar-refractivity contribution >= 4 is 25.5 Å². The Morgan fingerprint density at radius 3 is 2.71 bits per heavy atom. The van der Waals surface area contributed by atoms with Crippen molar-refractivity contribution in [2.45, 2.75) is 76.5 Å². The van der Waals surface area contributed by atoms with Crippen molar-refractivity contribution in [3.63, 3.8) is 0 Å². The van der Waals surface area contributed by atoms with E-state index < -0.39 is 8.32 Å². The van der Waals surface area contributed by atoms with Gasteiger partial charge in [-0.05, 0) is 60.2 Å². The lowest BCUT2D eigenvalue weighted by Crippen LogP contribution is -2.43. The molecule has 2 aliphatic heterocycles. The van der Waals surface area contributed by atoms with E-state index in [1.807, 2.05) is 6.07 Å². The number of fused-ring (bicyclic) bond motifs is 4. The van der Waals surface area contributed by atoms with Gasteiger partial charge in [0.2, 0.25) is 5.91 Å². The molecule has 1 aromatic carbocycles. The van der Waals surface area contributed by atoms with E-state index in [0.29, 0.717) is 18.2 Å². The average molecular weight is 399 g/mol. The minimum Gasteiger partial charge on any atom is -0.416 e. The molecule has 4 nitrogen and oxygen atoms in total. The molecule has 1 saturated heterocycles. The molecule has 0 bridgehead atoms. The van der Waals surface area contributed by atoms with Gasteiger partial charge in [-0.3, -0.25) is 4.79 Å². The van der Waals surface area contributed by atoms with Crippen LogP contribution < -0.4 is 5.73 Å². The van der Waals surface area contributed by atoms with Gasteiger partial charge in [-0.1, -0.05) is 32.9 Å². The first kappa shape index (κ1) is 19.7. The van der Waals surface area contributed by atoms with Crippen LogP contribution in [0.15, 0.2) is 23.8 Å². The molecule has 1 fully saturated rings. The van der Waals surface area contributed by atoms with Gasteiger partial charge in [-0.2, -0.15) is 0 Å². The lowest BCUT2D eigenvalue weighted by Gasteiger charge is -2.42. The maximum atomic E-state index is 12.3. The van der Waals surface area contributed by atoms with Crippen LogP contribution in [0.3, 0.4) is 0 Å². The van der Waals surface area contributed by atoms with Crippen molar-refractivity contribution in [3.8, 4) is 0 Å². The van der Waals surface area contributed by atoms with E-state index >= 15 is 0 Å². The molecule has 0 spiro atoms. The number of benzene rings is 1. The fraction of sp³-hybridized carbons (Fsp3) is 0.609. The van der Waals surface area contributed by atoms with Gasteiger partial charge in [0.05, 0.1) is 6.04 Å². The molecule has 1 aromatic rings. The van der Waals surface area contributed by atoms with Gasteiger partial charge in [0, 0.05) is 36.7 Å². The number of nitrogen functional groups attached to an aromatic ring is 1. The lowest BCUT2D eigenvalue weighted by molar-refractivity contribution is -0.128. The van der Waals surface area contributed by atoms with Gasteiger partial charge in [-0.15, -0.1) is 0 Å². The largest absolute Gasteiger partial charge is 0.416 e.